The van der Waals surface area contributed by atoms with Crippen LogP contribution in [0.25, 0.3) is 0 Å². The number of nitriles is 3. The summed E-state index contributed by atoms with van der Waals surface area (Å²) in [4.78, 5) is 46.1. The van der Waals surface area contributed by atoms with E-state index in [1.54, 1.807) is 92.1 Å². The van der Waals surface area contributed by atoms with Crippen LogP contribution in [0.2, 0.25) is 0 Å². The Morgan fingerprint density at radius 1 is 0.613 bits per heavy atom. The van der Waals surface area contributed by atoms with Crippen LogP contribution in [-0.4, -0.2) is 111 Å². The van der Waals surface area contributed by atoms with Gasteiger partial charge in [0, 0.05) is 68.0 Å². The zero-order valence-corrected chi connectivity index (χ0v) is 45.7. The summed E-state index contributed by atoms with van der Waals surface area (Å²) in [7, 11) is -4.77. The number of hydrogen-bond donors (Lipinski definition) is 0. The molecular weight excluding hydrogens is 976 g/mol. The largest absolute Gasteiger partial charge is 0.485 e. The zero-order valence-electron chi connectivity index (χ0n) is 44.8. The van der Waals surface area contributed by atoms with Gasteiger partial charge in [-0.3, -0.25) is 28.0 Å². The van der Waals surface area contributed by atoms with Crippen molar-refractivity contribution in [3.05, 3.63) is 88.0 Å². The number of likely N-dealkylation sites (tertiary alicyclic amines) is 3. The molecule has 3 fully saturated rings. The van der Waals surface area contributed by atoms with Gasteiger partial charge in [-0.25, -0.2) is 0 Å². The molecule has 6 aliphatic heterocycles. The molecule has 17 nitrogen and oxygen atoms in total. The van der Waals surface area contributed by atoms with Gasteiger partial charge in [0.2, 0.25) is 17.7 Å². The van der Waals surface area contributed by atoms with Crippen LogP contribution >= 0.6 is 7.60 Å². The standard InChI is InChI=1S/C57H69N6O11P/c1-53(2,72-51-48(62-25-12-15-46(62)65)39-29-36(32-59)18-21-43(39)70-55(51,5)6)23-27-68-57(9,10)75(67,74-52-49(63-26-13-16-47(63)66)40-30-37(33-60)19-22-44(40)71-56(52,7)8)73-50-41(34-61-24-11-14-45(61)64)38-28-35(31-58)17-20-42(38)69-54(50,3)4/h17-22,28-30,41,48-52H,11-16,23-27,34H2,1-10H3/t41-,48-,49-,50+,51+,52+,75?/m1/s1. The van der Waals surface area contributed by atoms with Crippen LogP contribution in [0.5, 0.6) is 17.2 Å². The fourth-order valence-corrected chi connectivity index (χ4v) is 13.9. The molecule has 1 unspecified atom stereocenters. The third kappa shape index (κ3) is 10.3. The maximum Gasteiger partial charge on any atom is 0.362 e. The van der Waals surface area contributed by atoms with Crippen LogP contribution in [0.15, 0.2) is 54.6 Å². The fourth-order valence-electron chi connectivity index (χ4n) is 11.8. The summed E-state index contributed by atoms with van der Waals surface area (Å²) < 4.78 is 65.3. The maximum absolute atomic E-state index is 17.0. The minimum absolute atomic E-state index is 0.00933. The number of carbonyl (C=O) groups excluding carboxylic acids is 3. The van der Waals surface area contributed by atoms with Crippen molar-refractivity contribution in [3.8, 4) is 35.5 Å². The quantitative estimate of drug-likeness (QED) is 0.130. The van der Waals surface area contributed by atoms with E-state index in [0.29, 0.717) is 109 Å². The Labute approximate surface area is 440 Å². The lowest BCUT2D eigenvalue weighted by molar-refractivity contribution is -0.188. The first-order valence-corrected chi connectivity index (χ1v) is 27.7. The molecule has 6 aliphatic rings. The minimum Gasteiger partial charge on any atom is -0.485 e. The molecule has 0 aromatic heterocycles. The van der Waals surface area contributed by atoms with Crippen molar-refractivity contribution in [2.45, 2.75) is 178 Å². The van der Waals surface area contributed by atoms with Crippen LogP contribution < -0.4 is 14.2 Å². The van der Waals surface area contributed by atoms with Crippen molar-refractivity contribution < 1.29 is 51.7 Å². The minimum atomic E-state index is -4.77. The number of ether oxygens (including phenoxy) is 5. The van der Waals surface area contributed by atoms with Crippen LogP contribution in [0.3, 0.4) is 0 Å². The van der Waals surface area contributed by atoms with E-state index in [-0.39, 0.29) is 37.3 Å². The van der Waals surface area contributed by atoms with Crippen molar-refractivity contribution in [1.29, 1.82) is 15.8 Å². The third-order valence-corrected chi connectivity index (χ3v) is 18.3. The number of hydrogen-bond acceptors (Lipinski definition) is 14. The van der Waals surface area contributed by atoms with Crippen LogP contribution in [0.4, 0.5) is 0 Å². The smallest absolute Gasteiger partial charge is 0.362 e. The molecule has 7 atom stereocenters. The number of fused-ring (bicyclic) bond motifs is 3. The second kappa shape index (κ2) is 19.9. The van der Waals surface area contributed by atoms with Gasteiger partial charge >= 0.3 is 7.60 Å². The molecule has 18 heteroatoms. The van der Waals surface area contributed by atoms with Gasteiger partial charge < -0.3 is 38.4 Å². The van der Waals surface area contributed by atoms with Gasteiger partial charge in [0.05, 0.1) is 59.2 Å². The van der Waals surface area contributed by atoms with E-state index in [1.165, 1.54) is 0 Å². The molecule has 3 saturated heterocycles. The molecular formula is C57H69N6O11P. The lowest BCUT2D eigenvalue weighted by atomic mass is 9.80. The average Bonchev–Trinajstić information content (AvgIpc) is 4.13. The van der Waals surface area contributed by atoms with Crippen LogP contribution in [0.1, 0.15) is 166 Å². The number of amides is 3. The highest BCUT2D eigenvalue weighted by molar-refractivity contribution is 7.55. The summed E-state index contributed by atoms with van der Waals surface area (Å²) in [5.74, 6) is 0.689. The fraction of sp³-hybridized carbons (Fsp3) is 0.579. The molecule has 3 amide bonds. The summed E-state index contributed by atoms with van der Waals surface area (Å²) in [5, 5.41) is 28.3. The van der Waals surface area contributed by atoms with Crippen molar-refractivity contribution in [1.82, 2.24) is 14.7 Å². The van der Waals surface area contributed by atoms with E-state index < -0.39 is 71.7 Å². The van der Waals surface area contributed by atoms with Crippen molar-refractivity contribution in [3.63, 3.8) is 0 Å². The summed E-state index contributed by atoms with van der Waals surface area (Å²) in [6, 6.07) is 20.6. The molecule has 6 heterocycles. The first-order chi connectivity index (χ1) is 35.3. The van der Waals surface area contributed by atoms with E-state index in [4.69, 9.17) is 32.7 Å². The van der Waals surface area contributed by atoms with Crippen molar-refractivity contribution in [2.24, 2.45) is 0 Å². The monoisotopic (exact) mass is 1040 g/mol. The van der Waals surface area contributed by atoms with Gasteiger partial charge in [-0.05, 0) is 150 Å². The van der Waals surface area contributed by atoms with Crippen molar-refractivity contribution >= 4 is 25.3 Å². The maximum atomic E-state index is 17.0. The van der Waals surface area contributed by atoms with Crippen LogP contribution in [-0.2, 0) is 37.5 Å². The molecule has 9 rings (SSSR count). The lowest BCUT2D eigenvalue weighted by Crippen LogP contribution is -2.57. The molecule has 398 valence electrons. The number of nitrogens with zero attached hydrogens (tertiary/aromatic N) is 6. The second-order valence-corrected chi connectivity index (χ2v) is 25.9. The zero-order chi connectivity index (χ0) is 54.0. The molecule has 3 aromatic carbocycles. The predicted molar refractivity (Wildman–Crippen MR) is 274 cm³/mol. The summed E-state index contributed by atoms with van der Waals surface area (Å²) in [5.41, 5.74) is -1.40. The normalized spacial score (nSPS) is 26.4. The second-order valence-electron chi connectivity index (χ2n) is 23.4. The van der Waals surface area contributed by atoms with E-state index in [2.05, 4.69) is 18.2 Å². The Bertz CT molecular complexity index is 2950. The highest BCUT2D eigenvalue weighted by Gasteiger charge is 2.60. The average molecular weight is 1050 g/mol. The van der Waals surface area contributed by atoms with Gasteiger partial charge in [-0.2, -0.15) is 15.8 Å². The topological polar surface area (TPSA) is 214 Å². The van der Waals surface area contributed by atoms with E-state index in [1.807, 2.05) is 46.4 Å². The Morgan fingerprint density at radius 3 is 1.51 bits per heavy atom. The molecule has 0 N–H and O–H groups in total. The highest BCUT2D eigenvalue weighted by atomic mass is 31.2. The molecule has 75 heavy (non-hydrogen) atoms. The molecule has 3 aromatic rings. The summed E-state index contributed by atoms with van der Waals surface area (Å²) >= 11 is 0. The first kappa shape index (κ1) is 53.8. The molecule has 0 spiro atoms. The Morgan fingerprint density at radius 2 is 1.04 bits per heavy atom. The SMILES string of the molecule is CC(C)(CCOC(C)(C)P(=O)(O[C@H]1[C@H](CN2CCCC2=O)c2cc(C#N)ccc2OC1(C)C)O[C@H]1[C@H](N2CCCC2=O)c2cc(C#N)ccc2OC1(C)C)O[C@H]1[C@H](N2CCCC2=O)c2cc(C#N)ccc2OC1(C)C. The Hall–Kier alpha value is -5.99. The molecule has 0 bridgehead atoms. The van der Waals surface area contributed by atoms with Gasteiger partial charge in [0.15, 0.2) is 5.34 Å². The molecule has 0 saturated carbocycles. The number of benzene rings is 3. The van der Waals surface area contributed by atoms with Gasteiger partial charge in [-0.15, -0.1) is 0 Å². The van der Waals surface area contributed by atoms with Gasteiger partial charge in [0.25, 0.3) is 0 Å². The lowest BCUT2D eigenvalue weighted by Gasteiger charge is -2.51. The van der Waals surface area contributed by atoms with Crippen LogP contribution in [0, 0.1) is 34.0 Å². The highest BCUT2D eigenvalue weighted by Crippen LogP contribution is 2.67. The number of carbonyl (C=O) groups is 3. The van der Waals surface area contributed by atoms with E-state index >= 15 is 4.57 Å². The third-order valence-electron chi connectivity index (χ3n) is 15.8. The van der Waals surface area contributed by atoms with E-state index in [0.717, 1.165) is 0 Å². The first-order valence-electron chi connectivity index (χ1n) is 26.2. The Balaban J connectivity index is 1.09. The molecule has 0 aliphatic carbocycles. The predicted octanol–water partition coefficient (Wildman–Crippen LogP) is 9.52. The number of rotatable bonds is 15. The van der Waals surface area contributed by atoms with Gasteiger partial charge in [0.1, 0.15) is 52.4 Å². The van der Waals surface area contributed by atoms with Gasteiger partial charge in [-0.1, -0.05) is 0 Å². The molecule has 0 radical (unpaired) electrons. The van der Waals surface area contributed by atoms with E-state index in [9.17, 15) is 30.2 Å². The summed E-state index contributed by atoms with van der Waals surface area (Å²) in [6.45, 7) is 19.8. The summed E-state index contributed by atoms with van der Waals surface area (Å²) in [6.07, 6.45) is 0.313. The van der Waals surface area contributed by atoms with Crippen molar-refractivity contribution in [2.75, 3.05) is 32.8 Å². The Kier molecular flexibility index (Phi) is 14.3.